The average Bonchev–Trinajstić information content (AvgIpc) is 2.52. The monoisotopic (exact) mass is 406 g/mol. The van der Waals surface area contributed by atoms with Crippen LogP contribution in [0.5, 0.6) is 5.75 Å². The van der Waals surface area contributed by atoms with Crippen molar-refractivity contribution in [3.05, 3.63) is 84.9 Å². The lowest BCUT2D eigenvalue weighted by molar-refractivity contribution is 0.475. The summed E-state index contributed by atoms with van der Waals surface area (Å²) < 4.78 is 0. The highest BCUT2D eigenvalue weighted by molar-refractivity contribution is 14.0. The average molecular weight is 406 g/mol. The van der Waals surface area contributed by atoms with Gasteiger partial charge in [-0.15, -0.1) is 24.0 Å². The summed E-state index contributed by atoms with van der Waals surface area (Å²) in [6.45, 7) is 0. The third-order valence-electron chi connectivity index (χ3n) is 3.14. The minimum Gasteiger partial charge on any atom is -0.508 e. The Bertz CT molecular complexity index is 629. The molecule has 0 bridgehead atoms. The Kier molecular flexibility index (Phi) is 5.77. The molecule has 1 N–H and O–H groups in total. The quantitative estimate of drug-likeness (QED) is 0.519. The zero-order valence-corrected chi connectivity index (χ0v) is 14.6. The van der Waals surface area contributed by atoms with Crippen molar-refractivity contribution in [3.63, 3.8) is 0 Å². The van der Waals surface area contributed by atoms with Gasteiger partial charge in [-0.3, -0.25) is 0 Å². The molecule has 3 rings (SSSR count). The predicted octanol–water partition coefficient (Wildman–Crippen LogP) is 3.77. The maximum absolute atomic E-state index is 9.49. The van der Waals surface area contributed by atoms with E-state index in [9.17, 15) is 5.11 Å². The predicted molar refractivity (Wildman–Crippen MR) is 102 cm³/mol. The minimum absolute atomic E-state index is 0. The number of benzene rings is 3. The van der Waals surface area contributed by atoms with E-state index in [0.717, 1.165) is 0 Å². The van der Waals surface area contributed by atoms with Gasteiger partial charge in [0.2, 0.25) is 0 Å². The number of phenolic OH excluding ortho intramolecular Hbond substituents is 1. The summed E-state index contributed by atoms with van der Waals surface area (Å²) in [5.74, 6) is 0.310. The number of aromatic hydroxyl groups is 1. The smallest absolute Gasteiger partial charge is 0.115 e. The van der Waals surface area contributed by atoms with Crippen molar-refractivity contribution in [3.8, 4) is 5.75 Å². The highest BCUT2D eigenvalue weighted by Gasteiger charge is 2.15. The van der Waals surface area contributed by atoms with Gasteiger partial charge < -0.3 is 5.11 Å². The summed E-state index contributed by atoms with van der Waals surface area (Å²) >= 11 is 0. The van der Waals surface area contributed by atoms with E-state index in [1.54, 1.807) is 12.1 Å². The Morgan fingerprint density at radius 2 is 0.905 bits per heavy atom. The van der Waals surface area contributed by atoms with Crippen LogP contribution in [0.1, 0.15) is 0 Å². The van der Waals surface area contributed by atoms with E-state index >= 15 is 0 Å². The molecule has 0 radical (unpaired) electrons. The van der Waals surface area contributed by atoms with E-state index in [1.807, 2.05) is 24.3 Å². The molecule has 0 spiro atoms. The molecule has 0 saturated heterocycles. The second-order valence-electron chi connectivity index (χ2n) is 4.52. The first kappa shape index (κ1) is 16.0. The molecular weight excluding hydrogens is 390 g/mol. The summed E-state index contributed by atoms with van der Waals surface area (Å²) in [6.07, 6.45) is 0. The van der Waals surface area contributed by atoms with Crippen LogP contribution in [0.4, 0.5) is 0 Å². The van der Waals surface area contributed by atoms with E-state index in [-0.39, 0.29) is 24.0 Å². The molecule has 0 unspecified atom stereocenters. The Morgan fingerprint density at radius 3 is 1.33 bits per heavy atom. The molecular formula is C18H16IOP. The highest BCUT2D eigenvalue weighted by Crippen LogP contribution is 2.32. The summed E-state index contributed by atoms with van der Waals surface area (Å²) in [7, 11) is -0.569. The maximum atomic E-state index is 9.49. The highest BCUT2D eigenvalue weighted by atomic mass is 127. The second-order valence-corrected chi connectivity index (χ2v) is 6.74. The largest absolute Gasteiger partial charge is 0.508 e. The van der Waals surface area contributed by atoms with Crippen molar-refractivity contribution in [2.45, 2.75) is 0 Å². The Hall–Kier alpha value is -1.38. The number of hydrogen-bond acceptors (Lipinski definition) is 1. The van der Waals surface area contributed by atoms with Crippen LogP contribution < -0.4 is 15.9 Å². The first-order valence-corrected chi connectivity index (χ1v) is 7.88. The third kappa shape index (κ3) is 3.84. The van der Waals surface area contributed by atoms with Gasteiger partial charge in [-0.25, -0.2) is 0 Å². The van der Waals surface area contributed by atoms with Crippen LogP contribution in [0.15, 0.2) is 84.9 Å². The van der Waals surface area contributed by atoms with Crippen LogP contribution in [0.25, 0.3) is 0 Å². The van der Waals surface area contributed by atoms with Crippen molar-refractivity contribution in [1.29, 1.82) is 0 Å². The molecule has 0 fully saturated rings. The molecule has 3 aromatic rings. The van der Waals surface area contributed by atoms with Crippen LogP contribution in [-0.4, -0.2) is 5.11 Å². The van der Waals surface area contributed by atoms with Crippen molar-refractivity contribution < 1.29 is 5.11 Å². The Balaban J connectivity index is 0.00000161. The fourth-order valence-corrected chi connectivity index (χ4v) is 4.49. The molecule has 21 heavy (non-hydrogen) atoms. The van der Waals surface area contributed by atoms with Gasteiger partial charge in [-0.05, 0) is 36.0 Å². The van der Waals surface area contributed by atoms with Gasteiger partial charge in [0.15, 0.2) is 0 Å². The van der Waals surface area contributed by atoms with Crippen LogP contribution >= 0.6 is 31.9 Å². The topological polar surface area (TPSA) is 20.2 Å². The van der Waals surface area contributed by atoms with E-state index in [2.05, 4.69) is 48.5 Å². The van der Waals surface area contributed by atoms with Crippen molar-refractivity contribution >= 4 is 47.8 Å². The normalized spacial score (nSPS) is 10.1. The van der Waals surface area contributed by atoms with Gasteiger partial charge in [0.1, 0.15) is 5.75 Å². The third-order valence-corrected chi connectivity index (χ3v) is 5.58. The van der Waals surface area contributed by atoms with Crippen molar-refractivity contribution in [1.82, 2.24) is 0 Å². The fraction of sp³-hybridized carbons (Fsp3) is 0. The van der Waals surface area contributed by atoms with Gasteiger partial charge in [0.25, 0.3) is 0 Å². The van der Waals surface area contributed by atoms with E-state index < -0.39 is 7.92 Å². The molecule has 0 aliphatic carbocycles. The second kappa shape index (κ2) is 7.58. The standard InChI is InChI=1S/C18H15OP.HI/c19-15-11-13-18(14-12-15)20(16-7-3-1-4-8-16)17-9-5-2-6-10-17;/h1-14,19H;1H. The van der Waals surface area contributed by atoms with Crippen molar-refractivity contribution in [2.75, 3.05) is 0 Å². The SMILES string of the molecule is I.Oc1ccc(P(c2ccccc2)c2ccccc2)cc1. The van der Waals surface area contributed by atoms with Crippen LogP contribution in [0.3, 0.4) is 0 Å². The Labute approximate surface area is 143 Å². The van der Waals surface area contributed by atoms with Crippen LogP contribution in [-0.2, 0) is 0 Å². The first-order valence-electron chi connectivity index (χ1n) is 6.54. The number of rotatable bonds is 3. The molecule has 0 aliphatic heterocycles. The molecule has 106 valence electrons. The lowest BCUT2D eigenvalue weighted by Crippen LogP contribution is -2.20. The fourth-order valence-electron chi connectivity index (χ4n) is 2.20. The molecule has 0 saturated carbocycles. The van der Waals surface area contributed by atoms with Gasteiger partial charge in [-0.1, -0.05) is 72.8 Å². The van der Waals surface area contributed by atoms with Crippen molar-refractivity contribution in [2.24, 2.45) is 0 Å². The maximum Gasteiger partial charge on any atom is 0.115 e. The van der Waals surface area contributed by atoms with Gasteiger partial charge >= 0.3 is 0 Å². The molecule has 0 heterocycles. The van der Waals surface area contributed by atoms with E-state index in [1.165, 1.54) is 15.9 Å². The minimum atomic E-state index is -0.569. The number of hydrogen-bond donors (Lipinski definition) is 1. The number of halogens is 1. The molecule has 0 atom stereocenters. The summed E-state index contributed by atoms with van der Waals surface area (Å²) in [4.78, 5) is 0. The zero-order chi connectivity index (χ0) is 13.8. The van der Waals surface area contributed by atoms with Crippen LogP contribution in [0, 0.1) is 0 Å². The molecule has 1 nitrogen and oxygen atoms in total. The molecule has 0 amide bonds. The van der Waals surface area contributed by atoms with E-state index in [4.69, 9.17) is 0 Å². The first-order chi connectivity index (χ1) is 9.84. The molecule has 0 aromatic heterocycles. The van der Waals surface area contributed by atoms with Gasteiger partial charge in [0, 0.05) is 0 Å². The summed E-state index contributed by atoms with van der Waals surface area (Å²) in [6, 6.07) is 28.6. The summed E-state index contributed by atoms with van der Waals surface area (Å²) in [5, 5.41) is 13.4. The van der Waals surface area contributed by atoms with Gasteiger partial charge in [0.05, 0.1) is 0 Å². The zero-order valence-electron chi connectivity index (χ0n) is 11.4. The molecule has 3 aromatic carbocycles. The van der Waals surface area contributed by atoms with E-state index in [0.29, 0.717) is 5.75 Å². The van der Waals surface area contributed by atoms with Crippen LogP contribution in [0.2, 0.25) is 0 Å². The summed E-state index contributed by atoms with van der Waals surface area (Å²) in [5.41, 5.74) is 0. The molecule has 0 aliphatic rings. The lowest BCUT2D eigenvalue weighted by atomic mass is 10.3. The van der Waals surface area contributed by atoms with Gasteiger partial charge in [-0.2, -0.15) is 0 Å². The lowest BCUT2D eigenvalue weighted by Gasteiger charge is -2.19. The number of phenols is 1. The molecule has 3 heteroatoms. The Morgan fingerprint density at radius 1 is 0.524 bits per heavy atom.